The molecule has 0 radical (unpaired) electrons. The molecule has 0 aliphatic heterocycles. The maximum absolute atomic E-state index is 9.94. The number of carbonyl (C=O) groups excluding carboxylic acids is 4. The molecule has 0 N–H and O–H groups in total. The van der Waals surface area contributed by atoms with Gasteiger partial charge in [-0.05, 0) is 42.5 Å². The fourth-order valence-corrected chi connectivity index (χ4v) is 1.63. The summed E-state index contributed by atoms with van der Waals surface area (Å²) in [6.07, 6.45) is 5.51. The molecule has 0 aromatic heterocycles. The van der Waals surface area contributed by atoms with Crippen LogP contribution in [0.1, 0.15) is 0 Å². The molecule has 0 bridgehead atoms. The van der Waals surface area contributed by atoms with E-state index in [0.29, 0.717) is 22.1 Å². The molecule has 0 unspecified atom stereocenters. The Labute approximate surface area is 145 Å². The summed E-state index contributed by atoms with van der Waals surface area (Å²) in [4.78, 5) is 52.8. The Balaban J connectivity index is 0.000000251. The third kappa shape index (κ3) is 6.91. The van der Waals surface area contributed by atoms with E-state index in [9.17, 15) is 19.2 Å². The molecule has 122 valence electrons. The van der Waals surface area contributed by atoms with Crippen molar-refractivity contribution in [1.82, 2.24) is 0 Å². The molecule has 0 aliphatic rings. The highest BCUT2D eigenvalue weighted by atomic mass is 35.5. The monoisotopic (exact) mass is 354 g/mol. The first kappa shape index (κ1) is 19.3. The van der Waals surface area contributed by atoms with Crippen molar-refractivity contribution in [3.63, 3.8) is 0 Å². The zero-order chi connectivity index (χ0) is 18.5. The molecule has 0 heterocycles. The maximum Gasteiger partial charge on any atom is 0.240 e. The molecule has 2 aromatic rings. The lowest BCUT2D eigenvalue weighted by Crippen LogP contribution is -1.68. The van der Waals surface area contributed by atoms with Crippen LogP contribution in [0.25, 0.3) is 0 Å². The van der Waals surface area contributed by atoms with E-state index in [2.05, 4.69) is 20.0 Å². The average Bonchev–Trinajstić information content (AvgIpc) is 2.61. The van der Waals surface area contributed by atoms with Gasteiger partial charge in [0.25, 0.3) is 0 Å². The van der Waals surface area contributed by atoms with Gasteiger partial charge >= 0.3 is 0 Å². The predicted octanol–water partition coefficient (Wildman–Crippen LogP) is 3.90. The zero-order valence-corrected chi connectivity index (χ0v) is 13.1. The van der Waals surface area contributed by atoms with Gasteiger partial charge in [-0.25, -0.2) is 19.2 Å². The molecular weight excluding hydrogens is 348 g/mol. The second-order valence-electron chi connectivity index (χ2n) is 3.96. The Hall–Kier alpha value is -3.75. The van der Waals surface area contributed by atoms with E-state index >= 15 is 0 Å². The second-order valence-corrected chi connectivity index (χ2v) is 4.37. The van der Waals surface area contributed by atoms with Crippen LogP contribution in [0.15, 0.2) is 62.4 Å². The van der Waals surface area contributed by atoms with Crippen LogP contribution >= 0.6 is 11.6 Å². The van der Waals surface area contributed by atoms with Gasteiger partial charge in [-0.1, -0.05) is 11.6 Å². The summed E-state index contributed by atoms with van der Waals surface area (Å²) < 4.78 is 0. The van der Waals surface area contributed by atoms with E-state index in [4.69, 9.17) is 11.6 Å². The van der Waals surface area contributed by atoms with E-state index < -0.39 is 0 Å². The molecular formula is C16H7ClN4O4. The number of rotatable bonds is 4. The minimum atomic E-state index is 0.230. The van der Waals surface area contributed by atoms with Crippen molar-refractivity contribution in [1.29, 1.82) is 0 Å². The first-order valence-electron chi connectivity index (χ1n) is 6.35. The number of isocyanates is 4. The normalized spacial score (nSPS) is 8.20. The van der Waals surface area contributed by atoms with Gasteiger partial charge in [-0.2, -0.15) is 20.0 Å². The van der Waals surface area contributed by atoms with Crippen LogP contribution in [-0.2, 0) is 19.2 Å². The van der Waals surface area contributed by atoms with Gasteiger partial charge in [-0.3, -0.25) is 0 Å². The highest BCUT2D eigenvalue weighted by molar-refractivity contribution is 6.33. The molecule has 0 aliphatic carbocycles. The predicted molar refractivity (Wildman–Crippen MR) is 89.0 cm³/mol. The number of hydrogen-bond donors (Lipinski definition) is 0. The third-order valence-corrected chi connectivity index (χ3v) is 2.79. The number of halogens is 1. The van der Waals surface area contributed by atoms with E-state index in [1.807, 2.05) is 0 Å². The van der Waals surface area contributed by atoms with Crippen LogP contribution in [0.4, 0.5) is 22.7 Å². The van der Waals surface area contributed by atoms with Crippen molar-refractivity contribution >= 4 is 58.7 Å². The van der Waals surface area contributed by atoms with Crippen molar-refractivity contribution in [2.24, 2.45) is 20.0 Å². The maximum atomic E-state index is 9.94. The summed E-state index contributed by atoms with van der Waals surface area (Å²) in [6, 6.07) is 10.6. The van der Waals surface area contributed by atoms with Crippen molar-refractivity contribution in [3.05, 3.63) is 47.5 Å². The molecule has 9 heteroatoms. The molecule has 8 nitrogen and oxygen atoms in total. The lowest BCUT2D eigenvalue weighted by molar-refractivity contribution is 0.564. The Kier molecular flexibility index (Phi) is 8.41. The first-order chi connectivity index (χ1) is 12.1. The van der Waals surface area contributed by atoms with Gasteiger partial charge in [0.2, 0.25) is 24.3 Å². The van der Waals surface area contributed by atoms with Gasteiger partial charge in [0.05, 0.1) is 27.8 Å². The minimum absolute atomic E-state index is 0.230. The summed E-state index contributed by atoms with van der Waals surface area (Å²) in [6.45, 7) is 0. The summed E-state index contributed by atoms with van der Waals surface area (Å²) in [5, 5.41) is 0.299. The Bertz CT molecular complexity index is 896. The van der Waals surface area contributed by atoms with Gasteiger partial charge in [0.1, 0.15) is 0 Å². The van der Waals surface area contributed by atoms with Crippen LogP contribution in [0, 0.1) is 0 Å². The molecule has 0 fully saturated rings. The van der Waals surface area contributed by atoms with Crippen LogP contribution < -0.4 is 0 Å². The van der Waals surface area contributed by atoms with Gasteiger partial charge in [-0.15, -0.1) is 0 Å². The molecule has 2 rings (SSSR count). The zero-order valence-electron chi connectivity index (χ0n) is 12.3. The summed E-state index contributed by atoms with van der Waals surface area (Å²) >= 11 is 5.66. The van der Waals surface area contributed by atoms with Crippen LogP contribution in [0.5, 0.6) is 0 Å². The SMILES string of the molecule is O=C=Nc1ccc(Cl)c(N=C=O)c1.O=C=Nc1ccc(N=C=O)cc1. The number of benzene rings is 2. The number of hydrogen-bond acceptors (Lipinski definition) is 8. The largest absolute Gasteiger partial charge is 0.240 e. The Morgan fingerprint density at radius 2 is 1.00 bits per heavy atom. The standard InChI is InChI=1S/C8H3ClN2O2.C8H4N2O2/c9-7-2-1-6(10-4-12)3-8(7)11-5-13;11-5-9-7-1-2-8(4-3-7)10-6-12/h1-3H;1-4H. The quantitative estimate of drug-likeness (QED) is 0.611. The van der Waals surface area contributed by atoms with Gasteiger partial charge < -0.3 is 0 Å². The molecule has 2 aromatic carbocycles. The van der Waals surface area contributed by atoms with Crippen molar-refractivity contribution in [3.8, 4) is 0 Å². The molecule has 25 heavy (non-hydrogen) atoms. The highest BCUT2D eigenvalue weighted by Gasteiger charge is 1.99. The number of aliphatic imine (C=N–C) groups is 4. The molecule has 0 atom stereocenters. The summed E-state index contributed by atoms with van der Waals surface area (Å²) in [5.74, 6) is 0. The third-order valence-electron chi connectivity index (χ3n) is 2.47. The number of nitrogens with zero attached hydrogens (tertiary/aromatic N) is 4. The first-order valence-corrected chi connectivity index (χ1v) is 6.73. The molecule has 0 amide bonds. The van der Waals surface area contributed by atoms with Gasteiger partial charge in [0.15, 0.2) is 0 Å². The molecule has 0 saturated heterocycles. The van der Waals surface area contributed by atoms with Crippen LogP contribution in [0.2, 0.25) is 5.02 Å². The summed E-state index contributed by atoms with van der Waals surface area (Å²) in [5.41, 5.74) is 1.53. The molecule has 0 spiro atoms. The summed E-state index contributed by atoms with van der Waals surface area (Å²) in [7, 11) is 0. The van der Waals surface area contributed by atoms with E-state index in [1.165, 1.54) is 42.5 Å². The second kappa shape index (κ2) is 10.9. The fourth-order valence-electron chi connectivity index (χ4n) is 1.47. The van der Waals surface area contributed by atoms with E-state index in [1.54, 1.807) is 24.3 Å². The minimum Gasteiger partial charge on any atom is -0.211 e. The highest BCUT2D eigenvalue weighted by Crippen LogP contribution is 2.28. The van der Waals surface area contributed by atoms with E-state index in [0.717, 1.165) is 0 Å². The van der Waals surface area contributed by atoms with Gasteiger partial charge in [0, 0.05) is 0 Å². The van der Waals surface area contributed by atoms with Crippen molar-refractivity contribution in [2.75, 3.05) is 0 Å². The van der Waals surface area contributed by atoms with Crippen LogP contribution in [-0.4, -0.2) is 24.3 Å². The van der Waals surface area contributed by atoms with Crippen molar-refractivity contribution < 1.29 is 19.2 Å². The lowest BCUT2D eigenvalue weighted by Gasteiger charge is -1.95. The smallest absolute Gasteiger partial charge is 0.211 e. The van der Waals surface area contributed by atoms with E-state index in [-0.39, 0.29) is 5.69 Å². The Morgan fingerprint density at radius 3 is 1.44 bits per heavy atom. The lowest BCUT2D eigenvalue weighted by atomic mass is 10.3. The van der Waals surface area contributed by atoms with Crippen molar-refractivity contribution in [2.45, 2.75) is 0 Å². The molecule has 0 saturated carbocycles. The fraction of sp³-hybridized carbons (Fsp3) is 0. The topological polar surface area (TPSA) is 118 Å². The van der Waals surface area contributed by atoms with Crippen LogP contribution in [0.3, 0.4) is 0 Å². The Morgan fingerprint density at radius 1 is 0.600 bits per heavy atom. The average molecular weight is 355 g/mol.